The number of carbonyl (C=O) groups is 3. The largest absolute Gasteiger partial charge is 0.481 e. The Kier molecular flexibility index (Phi) is 6.27. The van der Waals surface area contributed by atoms with E-state index < -0.39 is 18.0 Å². The van der Waals surface area contributed by atoms with E-state index in [-0.39, 0.29) is 31.2 Å². The normalized spacial score (nSPS) is 20.5. The van der Waals surface area contributed by atoms with Crippen LogP contribution in [0.4, 0.5) is 0 Å². The van der Waals surface area contributed by atoms with Gasteiger partial charge in [0.15, 0.2) is 0 Å². The van der Waals surface area contributed by atoms with Gasteiger partial charge in [0.2, 0.25) is 5.91 Å². The Morgan fingerprint density at radius 3 is 2.53 bits per heavy atom. The van der Waals surface area contributed by atoms with Gasteiger partial charge in [-0.2, -0.15) is 0 Å². The second kappa shape index (κ2) is 7.73. The Balaban J connectivity index is 2.41. The molecule has 7 nitrogen and oxygen atoms in total. The van der Waals surface area contributed by atoms with E-state index in [1.54, 1.807) is 0 Å². The van der Waals surface area contributed by atoms with Crippen LogP contribution in [0.5, 0.6) is 0 Å². The number of aliphatic carboxylic acids is 2. The summed E-state index contributed by atoms with van der Waals surface area (Å²) in [6.07, 6.45) is 2.92. The van der Waals surface area contributed by atoms with Crippen molar-refractivity contribution in [3.05, 3.63) is 0 Å². The van der Waals surface area contributed by atoms with Gasteiger partial charge in [0, 0.05) is 6.42 Å². The van der Waals surface area contributed by atoms with Crippen LogP contribution in [0.3, 0.4) is 0 Å². The quantitative estimate of drug-likeness (QED) is 0.516. The van der Waals surface area contributed by atoms with Crippen molar-refractivity contribution >= 4 is 17.8 Å². The molecule has 1 saturated heterocycles. The van der Waals surface area contributed by atoms with Crippen LogP contribution in [0.15, 0.2) is 0 Å². The second-order valence-electron chi connectivity index (χ2n) is 4.69. The smallest absolute Gasteiger partial charge is 0.326 e. The maximum Gasteiger partial charge on any atom is 0.326 e. The molecular weight excluding hydrogens is 252 g/mol. The average Bonchev–Trinajstić information content (AvgIpc) is 2.37. The number of carboxylic acids is 2. The van der Waals surface area contributed by atoms with Crippen molar-refractivity contribution in [3.63, 3.8) is 0 Å². The average molecular weight is 272 g/mol. The molecule has 108 valence electrons. The number of carbonyl (C=O) groups excluding carboxylic acids is 1. The van der Waals surface area contributed by atoms with E-state index in [1.165, 1.54) is 0 Å². The van der Waals surface area contributed by atoms with Gasteiger partial charge >= 0.3 is 11.9 Å². The van der Waals surface area contributed by atoms with Crippen LogP contribution in [0.2, 0.25) is 0 Å². The minimum Gasteiger partial charge on any atom is -0.481 e. The summed E-state index contributed by atoms with van der Waals surface area (Å²) < 4.78 is 0. The number of carboxylic acid groups (broad SMARTS) is 2. The Morgan fingerprint density at radius 1 is 1.26 bits per heavy atom. The minimum absolute atomic E-state index is 0.0959. The van der Waals surface area contributed by atoms with Crippen molar-refractivity contribution in [3.8, 4) is 0 Å². The first kappa shape index (κ1) is 15.4. The fourth-order valence-corrected chi connectivity index (χ4v) is 2.06. The molecular formula is C12H20N2O5. The number of piperidine rings is 1. The lowest BCUT2D eigenvalue weighted by atomic mass is 10.0. The summed E-state index contributed by atoms with van der Waals surface area (Å²) in [5.41, 5.74) is 0. The second-order valence-corrected chi connectivity index (χ2v) is 4.69. The van der Waals surface area contributed by atoms with Crippen molar-refractivity contribution in [1.82, 2.24) is 10.6 Å². The lowest BCUT2D eigenvalue weighted by Crippen LogP contribution is -2.51. The van der Waals surface area contributed by atoms with Gasteiger partial charge in [-0.15, -0.1) is 0 Å². The molecule has 0 spiro atoms. The Labute approximate surface area is 111 Å². The Hall–Kier alpha value is -1.63. The molecule has 0 aromatic rings. The summed E-state index contributed by atoms with van der Waals surface area (Å²) >= 11 is 0. The predicted molar refractivity (Wildman–Crippen MR) is 66.7 cm³/mol. The lowest BCUT2D eigenvalue weighted by Gasteiger charge is -2.24. The maximum atomic E-state index is 11.9. The zero-order chi connectivity index (χ0) is 14.3. The SMILES string of the molecule is O=C(O)CCC[C@@H](NC(=O)[C@@H]1CCCCN1)C(=O)O. The molecule has 1 rings (SSSR count). The van der Waals surface area contributed by atoms with E-state index >= 15 is 0 Å². The third kappa shape index (κ3) is 5.69. The molecule has 0 unspecified atom stereocenters. The van der Waals surface area contributed by atoms with Gasteiger partial charge in [0.25, 0.3) is 0 Å². The molecule has 1 fully saturated rings. The third-order valence-corrected chi connectivity index (χ3v) is 3.12. The molecule has 0 aromatic heterocycles. The number of hydrogen-bond acceptors (Lipinski definition) is 4. The first-order valence-electron chi connectivity index (χ1n) is 6.49. The highest BCUT2D eigenvalue weighted by atomic mass is 16.4. The van der Waals surface area contributed by atoms with E-state index in [9.17, 15) is 14.4 Å². The summed E-state index contributed by atoms with van der Waals surface area (Å²) in [6, 6.07) is -1.36. The van der Waals surface area contributed by atoms with Gasteiger partial charge in [-0.05, 0) is 32.2 Å². The Morgan fingerprint density at radius 2 is 2.00 bits per heavy atom. The van der Waals surface area contributed by atoms with Gasteiger partial charge in [0.05, 0.1) is 6.04 Å². The molecule has 1 aliphatic rings. The molecule has 2 atom stereocenters. The standard InChI is InChI=1S/C12H20N2O5/c15-10(16)6-3-5-9(12(18)19)14-11(17)8-4-1-2-7-13-8/h8-9,13H,1-7H2,(H,14,17)(H,15,16)(H,18,19)/t8-,9+/m0/s1. The van der Waals surface area contributed by atoms with Crippen LogP contribution < -0.4 is 10.6 Å². The van der Waals surface area contributed by atoms with Gasteiger partial charge in [0.1, 0.15) is 6.04 Å². The predicted octanol–water partition coefficient (Wildman–Crippen LogP) is -0.0472. The van der Waals surface area contributed by atoms with E-state index in [4.69, 9.17) is 10.2 Å². The first-order chi connectivity index (χ1) is 9.00. The van der Waals surface area contributed by atoms with Gasteiger partial charge < -0.3 is 20.8 Å². The van der Waals surface area contributed by atoms with Gasteiger partial charge in [-0.3, -0.25) is 9.59 Å². The van der Waals surface area contributed by atoms with Crippen molar-refractivity contribution in [1.29, 1.82) is 0 Å². The number of nitrogens with one attached hydrogen (secondary N) is 2. The summed E-state index contributed by atoms with van der Waals surface area (Å²) in [6.45, 7) is 0.759. The zero-order valence-electron chi connectivity index (χ0n) is 10.7. The summed E-state index contributed by atoms with van der Waals surface area (Å²) in [5.74, 6) is -2.42. The van der Waals surface area contributed by atoms with Crippen LogP contribution in [-0.2, 0) is 14.4 Å². The number of rotatable bonds is 7. The van der Waals surface area contributed by atoms with Crippen LogP contribution >= 0.6 is 0 Å². The van der Waals surface area contributed by atoms with Crippen LogP contribution in [0, 0.1) is 0 Å². The van der Waals surface area contributed by atoms with Crippen LogP contribution in [-0.4, -0.2) is 46.7 Å². The molecule has 0 radical (unpaired) electrons. The Bertz CT molecular complexity index is 339. The van der Waals surface area contributed by atoms with Crippen molar-refractivity contribution in [2.75, 3.05) is 6.54 Å². The molecule has 0 bridgehead atoms. The summed E-state index contributed by atoms with van der Waals surface area (Å²) in [7, 11) is 0. The number of amides is 1. The molecule has 19 heavy (non-hydrogen) atoms. The molecule has 0 aromatic carbocycles. The first-order valence-corrected chi connectivity index (χ1v) is 6.49. The topological polar surface area (TPSA) is 116 Å². The maximum absolute atomic E-state index is 11.9. The molecule has 0 saturated carbocycles. The van der Waals surface area contributed by atoms with Crippen molar-refractivity contribution in [2.24, 2.45) is 0 Å². The fourth-order valence-electron chi connectivity index (χ4n) is 2.06. The molecule has 1 aliphatic heterocycles. The summed E-state index contributed by atoms with van der Waals surface area (Å²) in [5, 5.41) is 23.0. The highest BCUT2D eigenvalue weighted by Crippen LogP contribution is 2.08. The van der Waals surface area contributed by atoms with Crippen LogP contribution in [0.25, 0.3) is 0 Å². The monoisotopic (exact) mass is 272 g/mol. The number of hydrogen-bond donors (Lipinski definition) is 4. The van der Waals surface area contributed by atoms with Crippen molar-refractivity contribution < 1.29 is 24.6 Å². The van der Waals surface area contributed by atoms with Gasteiger partial charge in [-0.1, -0.05) is 6.42 Å². The zero-order valence-corrected chi connectivity index (χ0v) is 10.7. The van der Waals surface area contributed by atoms with E-state index in [0.29, 0.717) is 6.42 Å². The minimum atomic E-state index is -1.13. The van der Waals surface area contributed by atoms with Gasteiger partial charge in [-0.25, -0.2) is 4.79 Å². The van der Waals surface area contributed by atoms with Crippen LogP contribution in [0.1, 0.15) is 38.5 Å². The van der Waals surface area contributed by atoms with E-state index in [2.05, 4.69) is 10.6 Å². The molecule has 1 heterocycles. The van der Waals surface area contributed by atoms with Crippen molar-refractivity contribution in [2.45, 2.75) is 50.6 Å². The molecule has 1 amide bonds. The van der Waals surface area contributed by atoms with E-state index in [1.807, 2.05) is 0 Å². The highest BCUT2D eigenvalue weighted by Gasteiger charge is 2.25. The third-order valence-electron chi connectivity index (χ3n) is 3.12. The fraction of sp³-hybridized carbons (Fsp3) is 0.750. The molecule has 7 heteroatoms. The summed E-state index contributed by atoms with van der Waals surface area (Å²) in [4.78, 5) is 33.2. The highest BCUT2D eigenvalue weighted by molar-refractivity contribution is 5.87. The van der Waals surface area contributed by atoms with E-state index in [0.717, 1.165) is 19.4 Å². The molecule has 0 aliphatic carbocycles. The lowest BCUT2D eigenvalue weighted by molar-refractivity contribution is -0.143. The molecule has 4 N–H and O–H groups in total.